The molecule has 4 heteroatoms. The first-order chi connectivity index (χ1) is 9.87. The number of rotatable bonds is 4. The maximum atomic E-state index is 4.76. The zero-order valence-electron chi connectivity index (χ0n) is 14.3. The van der Waals surface area contributed by atoms with Crippen molar-refractivity contribution in [1.82, 2.24) is 15.3 Å². The van der Waals surface area contributed by atoms with E-state index < -0.39 is 0 Å². The number of anilines is 1. The highest BCUT2D eigenvalue weighted by molar-refractivity contribution is 5.37. The summed E-state index contributed by atoms with van der Waals surface area (Å²) < 4.78 is 0. The lowest BCUT2D eigenvalue weighted by Crippen LogP contribution is -2.37. The number of hydrogen-bond donors (Lipinski definition) is 1. The molecule has 2 rings (SSSR count). The van der Waals surface area contributed by atoms with Crippen LogP contribution in [0.2, 0.25) is 0 Å². The third kappa shape index (κ3) is 4.67. The molecule has 0 radical (unpaired) electrons. The van der Waals surface area contributed by atoms with Gasteiger partial charge in [-0.1, -0.05) is 0 Å². The highest BCUT2D eigenvalue weighted by Gasteiger charge is 2.16. The summed E-state index contributed by atoms with van der Waals surface area (Å²) in [5.74, 6) is 0.928. The van der Waals surface area contributed by atoms with Gasteiger partial charge in [-0.25, -0.2) is 9.97 Å². The van der Waals surface area contributed by atoms with Crippen LogP contribution in [0, 0.1) is 13.8 Å². The van der Waals surface area contributed by atoms with Crippen LogP contribution >= 0.6 is 0 Å². The Morgan fingerprint density at radius 2 is 1.57 bits per heavy atom. The summed E-state index contributed by atoms with van der Waals surface area (Å²) in [7, 11) is 0. The molecular weight excluding hydrogens is 260 g/mol. The Bertz CT molecular complexity index is 447. The molecule has 1 aliphatic rings. The first-order valence-corrected chi connectivity index (χ1v) is 8.21. The number of nitrogens with zero attached hydrogens (tertiary/aromatic N) is 3. The average Bonchev–Trinajstić information content (AvgIpc) is 2.41. The quantitative estimate of drug-likeness (QED) is 0.925. The molecule has 0 amide bonds. The molecule has 1 saturated heterocycles. The minimum atomic E-state index is 0.163. The van der Waals surface area contributed by atoms with Gasteiger partial charge in [-0.15, -0.1) is 0 Å². The third-order valence-corrected chi connectivity index (χ3v) is 4.08. The van der Waals surface area contributed by atoms with Crippen LogP contribution in [-0.4, -0.2) is 35.1 Å². The van der Waals surface area contributed by atoms with E-state index in [0.717, 1.165) is 43.4 Å². The molecule has 21 heavy (non-hydrogen) atoms. The smallest absolute Gasteiger partial charge is 0.225 e. The maximum absolute atomic E-state index is 4.76. The van der Waals surface area contributed by atoms with E-state index in [1.54, 1.807) is 0 Å². The van der Waals surface area contributed by atoms with Gasteiger partial charge in [-0.2, -0.15) is 0 Å². The van der Waals surface area contributed by atoms with Crippen LogP contribution in [0.4, 0.5) is 5.95 Å². The van der Waals surface area contributed by atoms with Crippen molar-refractivity contribution in [2.24, 2.45) is 0 Å². The van der Waals surface area contributed by atoms with Gasteiger partial charge >= 0.3 is 0 Å². The summed E-state index contributed by atoms with van der Waals surface area (Å²) in [4.78, 5) is 11.9. The Morgan fingerprint density at radius 1 is 1.00 bits per heavy atom. The SMILES string of the molecule is Cc1nc(N2CCCCC2)nc(C)c1CCNC(C)(C)C. The summed E-state index contributed by atoms with van der Waals surface area (Å²) in [5.41, 5.74) is 3.74. The van der Waals surface area contributed by atoms with Crippen molar-refractivity contribution < 1.29 is 0 Å². The van der Waals surface area contributed by atoms with Crippen molar-refractivity contribution in [2.45, 2.75) is 65.8 Å². The first-order valence-electron chi connectivity index (χ1n) is 8.21. The van der Waals surface area contributed by atoms with Gasteiger partial charge in [0.2, 0.25) is 5.95 Å². The van der Waals surface area contributed by atoms with Gasteiger partial charge in [0, 0.05) is 30.0 Å². The van der Waals surface area contributed by atoms with Crippen molar-refractivity contribution in [1.29, 1.82) is 0 Å². The van der Waals surface area contributed by atoms with Crippen molar-refractivity contribution >= 4 is 5.95 Å². The van der Waals surface area contributed by atoms with E-state index in [-0.39, 0.29) is 5.54 Å². The fraction of sp³-hybridized carbons (Fsp3) is 0.765. The standard InChI is InChI=1S/C17H30N4/c1-13-15(9-10-18-17(3,4)5)14(2)20-16(19-13)21-11-7-6-8-12-21/h18H,6-12H2,1-5H3. The monoisotopic (exact) mass is 290 g/mol. The molecule has 0 bridgehead atoms. The van der Waals surface area contributed by atoms with Crippen LogP contribution in [0.5, 0.6) is 0 Å². The molecule has 0 aliphatic carbocycles. The van der Waals surface area contributed by atoms with Crippen molar-refractivity contribution in [2.75, 3.05) is 24.5 Å². The van der Waals surface area contributed by atoms with Crippen LogP contribution in [0.15, 0.2) is 0 Å². The molecule has 0 unspecified atom stereocenters. The minimum Gasteiger partial charge on any atom is -0.341 e. The molecule has 2 heterocycles. The number of hydrogen-bond acceptors (Lipinski definition) is 4. The molecule has 1 N–H and O–H groups in total. The topological polar surface area (TPSA) is 41.1 Å². The molecule has 0 atom stereocenters. The summed E-state index contributed by atoms with van der Waals surface area (Å²) >= 11 is 0. The van der Waals surface area contributed by atoms with Crippen molar-refractivity contribution in [3.8, 4) is 0 Å². The molecule has 0 spiro atoms. The second-order valence-corrected chi connectivity index (χ2v) is 7.15. The Balaban J connectivity index is 2.06. The number of aromatic nitrogens is 2. The predicted octanol–water partition coefficient (Wildman–Crippen LogP) is 3.01. The summed E-state index contributed by atoms with van der Waals surface area (Å²) in [5, 5.41) is 3.54. The molecular formula is C17H30N4. The molecule has 0 aromatic carbocycles. The molecule has 4 nitrogen and oxygen atoms in total. The minimum absolute atomic E-state index is 0.163. The molecule has 118 valence electrons. The summed E-state index contributed by atoms with van der Waals surface area (Å²) in [6.07, 6.45) is 4.86. The molecule has 1 fully saturated rings. The zero-order chi connectivity index (χ0) is 15.5. The normalized spacial score (nSPS) is 16.3. The van der Waals surface area contributed by atoms with Crippen molar-refractivity contribution in [3.63, 3.8) is 0 Å². The van der Waals surface area contributed by atoms with E-state index in [4.69, 9.17) is 9.97 Å². The van der Waals surface area contributed by atoms with Gasteiger partial charge in [0.05, 0.1) is 0 Å². The van der Waals surface area contributed by atoms with Crippen LogP contribution in [0.1, 0.15) is 57.0 Å². The lowest BCUT2D eigenvalue weighted by atomic mass is 10.1. The van der Waals surface area contributed by atoms with E-state index in [1.165, 1.54) is 24.8 Å². The van der Waals surface area contributed by atoms with Crippen LogP contribution in [-0.2, 0) is 6.42 Å². The fourth-order valence-electron chi connectivity index (χ4n) is 2.88. The molecule has 1 aromatic heterocycles. The Labute approximate surface area is 129 Å². The Kier molecular flexibility index (Phi) is 5.20. The van der Waals surface area contributed by atoms with Crippen molar-refractivity contribution in [3.05, 3.63) is 17.0 Å². The van der Waals surface area contributed by atoms with Crippen LogP contribution in [0.3, 0.4) is 0 Å². The van der Waals surface area contributed by atoms with E-state index >= 15 is 0 Å². The molecule has 1 aliphatic heterocycles. The number of aryl methyl sites for hydroxylation is 2. The molecule has 0 saturated carbocycles. The van der Waals surface area contributed by atoms with Gasteiger partial charge in [0.15, 0.2) is 0 Å². The van der Waals surface area contributed by atoms with Gasteiger partial charge in [0.25, 0.3) is 0 Å². The van der Waals surface area contributed by atoms with Gasteiger partial charge in [-0.3, -0.25) is 0 Å². The maximum Gasteiger partial charge on any atom is 0.225 e. The average molecular weight is 290 g/mol. The highest BCUT2D eigenvalue weighted by atomic mass is 15.3. The highest BCUT2D eigenvalue weighted by Crippen LogP contribution is 2.19. The Hall–Kier alpha value is -1.16. The van der Waals surface area contributed by atoms with Gasteiger partial charge in [-0.05, 0) is 72.4 Å². The van der Waals surface area contributed by atoms with E-state index in [2.05, 4.69) is 44.8 Å². The van der Waals surface area contributed by atoms with Gasteiger partial charge < -0.3 is 10.2 Å². The van der Waals surface area contributed by atoms with Gasteiger partial charge in [0.1, 0.15) is 0 Å². The fourth-order valence-corrected chi connectivity index (χ4v) is 2.88. The zero-order valence-corrected chi connectivity index (χ0v) is 14.3. The number of nitrogens with one attached hydrogen (secondary N) is 1. The largest absolute Gasteiger partial charge is 0.341 e. The van der Waals surface area contributed by atoms with E-state index in [1.807, 2.05) is 0 Å². The van der Waals surface area contributed by atoms with Crippen LogP contribution < -0.4 is 10.2 Å². The lowest BCUT2D eigenvalue weighted by Gasteiger charge is -2.27. The first kappa shape index (κ1) is 16.2. The van der Waals surface area contributed by atoms with Crippen LogP contribution in [0.25, 0.3) is 0 Å². The molecule has 1 aromatic rings. The van der Waals surface area contributed by atoms with E-state index in [0.29, 0.717) is 0 Å². The number of piperidine rings is 1. The lowest BCUT2D eigenvalue weighted by molar-refractivity contribution is 0.429. The third-order valence-electron chi connectivity index (χ3n) is 4.08. The van der Waals surface area contributed by atoms with E-state index in [9.17, 15) is 0 Å². The Morgan fingerprint density at radius 3 is 2.10 bits per heavy atom. The second-order valence-electron chi connectivity index (χ2n) is 7.15. The summed E-state index contributed by atoms with van der Waals surface area (Å²) in [6.45, 7) is 14.0. The predicted molar refractivity (Wildman–Crippen MR) is 89.0 cm³/mol. The second kappa shape index (κ2) is 6.73. The summed E-state index contributed by atoms with van der Waals surface area (Å²) in [6, 6.07) is 0.